The zero-order valence-corrected chi connectivity index (χ0v) is 28.1. The Morgan fingerprint density at radius 2 is 1.57 bits per heavy atom. The number of methoxy groups -OCH3 is 2. The lowest BCUT2D eigenvalue weighted by molar-refractivity contribution is -0.139. The SMILES string of the molecule is CCCCNC(=O)[C@@H](C)N(Cc1ccc(Cl)c(Cl)c1)C(=O)CN(c1cc(C)cc(C)c1)S(=O)(=O)c1ccc(OC)c(OC)c1. The Bertz CT molecular complexity index is 1580. The summed E-state index contributed by atoms with van der Waals surface area (Å²) in [6, 6.07) is 13.6. The lowest BCUT2D eigenvalue weighted by Crippen LogP contribution is -2.51. The Morgan fingerprint density at radius 3 is 2.16 bits per heavy atom. The molecule has 3 aromatic carbocycles. The predicted octanol–water partition coefficient (Wildman–Crippen LogP) is 6.16. The highest BCUT2D eigenvalue weighted by Gasteiger charge is 2.33. The van der Waals surface area contributed by atoms with Gasteiger partial charge in [0.25, 0.3) is 10.0 Å². The van der Waals surface area contributed by atoms with Crippen LogP contribution in [0.4, 0.5) is 5.69 Å². The summed E-state index contributed by atoms with van der Waals surface area (Å²) in [5.74, 6) is -0.361. The van der Waals surface area contributed by atoms with E-state index in [0.29, 0.717) is 33.6 Å². The van der Waals surface area contributed by atoms with Crippen molar-refractivity contribution < 1.29 is 27.5 Å². The number of anilines is 1. The van der Waals surface area contributed by atoms with Crippen molar-refractivity contribution in [2.24, 2.45) is 0 Å². The van der Waals surface area contributed by atoms with Crippen molar-refractivity contribution in [2.45, 2.75) is 58.0 Å². The van der Waals surface area contributed by atoms with Gasteiger partial charge < -0.3 is 19.7 Å². The van der Waals surface area contributed by atoms with Gasteiger partial charge in [-0.1, -0.05) is 48.7 Å². The molecule has 12 heteroatoms. The molecule has 2 amide bonds. The summed E-state index contributed by atoms with van der Waals surface area (Å²) in [7, 11) is -1.45. The molecule has 0 spiro atoms. The van der Waals surface area contributed by atoms with Gasteiger partial charge in [0.1, 0.15) is 12.6 Å². The first kappa shape index (κ1) is 35.0. The van der Waals surface area contributed by atoms with E-state index in [9.17, 15) is 18.0 Å². The standard InChI is InChI=1S/C32H39Cl2N3O6S/c1-7-8-13-35-32(39)23(4)36(19-24-9-11-27(33)28(34)17-24)31(38)20-37(25-15-21(2)14-22(3)16-25)44(40,41)26-10-12-29(42-5)30(18-26)43-6/h9-12,14-18,23H,7-8,13,19-20H2,1-6H3,(H,35,39)/t23-/m1/s1. The van der Waals surface area contributed by atoms with Crippen LogP contribution in [-0.4, -0.2) is 58.5 Å². The molecule has 0 aromatic heterocycles. The van der Waals surface area contributed by atoms with Gasteiger partial charge in [0.2, 0.25) is 11.8 Å². The Balaban J connectivity index is 2.09. The van der Waals surface area contributed by atoms with E-state index < -0.39 is 28.5 Å². The summed E-state index contributed by atoms with van der Waals surface area (Å²) in [4.78, 5) is 28.6. The van der Waals surface area contributed by atoms with Gasteiger partial charge in [-0.3, -0.25) is 13.9 Å². The summed E-state index contributed by atoms with van der Waals surface area (Å²) in [6.07, 6.45) is 1.67. The monoisotopic (exact) mass is 663 g/mol. The first-order chi connectivity index (χ1) is 20.8. The second-order valence-electron chi connectivity index (χ2n) is 10.5. The maximum Gasteiger partial charge on any atom is 0.264 e. The predicted molar refractivity (Wildman–Crippen MR) is 174 cm³/mol. The first-order valence-electron chi connectivity index (χ1n) is 14.2. The fourth-order valence-corrected chi connectivity index (χ4v) is 6.42. The number of carbonyl (C=O) groups excluding carboxylic acids is 2. The molecule has 3 aromatic rings. The number of ether oxygens (including phenoxy) is 2. The number of benzene rings is 3. The van der Waals surface area contributed by atoms with Crippen LogP contribution in [0.2, 0.25) is 10.0 Å². The van der Waals surface area contributed by atoms with E-state index in [1.54, 1.807) is 37.3 Å². The van der Waals surface area contributed by atoms with Crippen molar-refractivity contribution in [2.75, 3.05) is 31.6 Å². The zero-order chi connectivity index (χ0) is 32.6. The van der Waals surface area contributed by atoms with Crippen LogP contribution in [0.25, 0.3) is 0 Å². The molecule has 1 atom stereocenters. The summed E-state index contributed by atoms with van der Waals surface area (Å²) >= 11 is 12.4. The van der Waals surface area contributed by atoms with Gasteiger partial charge in [0, 0.05) is 19.2 Å². The highest BCUT2D eigenvalue weighted by atomic mass is 35.5. The average Bonchev–Trinajstić information content (AvgIpc) is 2.98. The third-order valence-electron chi connectivity index (χ3n) is 7.05. The lowest BCUT2D eigenvalue weighted by atomic mass is 10.1. The van der Waals surface area contributed by atoms with Crippen molar-refractivity contribution >= 4 is 50.7 Å². The Morgan fingerprint density at radius 1 is 0.909 bits per heavy atom. The topological polar surface area (TPSA) is 105 Å². The van der Waals surface area contributed by atoms with Gasteiger partial charge in [-0.2, -0.15) is 0 Å². The third kappa shape index (κ3) is 8.58. The van der Waals surface area contributed by atoms with Crippen LogP contribution < -0.4 is 19.1 Å². The number of nitrogens with one attached hydrogen (secondary N) is 1. The van der Waals surface area contributed by atoms with Crippen LogP contribution in [0.5, 0.6) is 11.5 Å². The number of nitrogens with zero attached hydrogens (tertiary/aromatic N) is 2. The van der Waals surface area contributed by atoms with Crippen LogP contribution in [0.15, 0.2) is 59.5 Å². The summed E-state index contributed by atoms with van der Waals surface area (Å²) in [5, 5.41) is 3.51. The van der Waals surface area contributed by atoms with Crippen LogP contribution in [-0.2, 0) is 26.2 Å². The van der Waals surface area contributed by atoms with Crippen LogP contribution in [0.3, 0.4) is 0 Å². The second kappa shape index (κ2) is 15.5. The molecule has 0 saturated carbocycles. The molecule has 1 N–H and O–H groups in total. The lowest BCUT2D eigenvalue weighted by Gasteiger charge is -2.32. The fraction of sp³-hybridized carbons (Fsp3) is 0.375. The number of unbranched alkanes of at least 4 members (excludes halogenated alkanes) is 1. The van der Waals surface area contributed by atoms with Gasteiger partial charge in [-0.25, -0.2) is 8.42 Å². The molecule has 0 radical (unpaired) electrons. The molecular formula is C32H39Cl2N3O6S. The minimum Gasteiger partial charge on any atom is -0.493 e. The molecular weight excluding hydrogens is 625 g/mol. The second-order valence-corrected chi connectivity index (χ2v) is 13.1. The van der Waals surface area contributed by atoms with Crippen molar-refractivity contribution in [1.82, 2.24) is 10.2 Å². The largest absolute Gasteiger partial charge is 0.493 e. The summed E-state index contributed by atoms with van der Waals surface area (Å²) in [6.45, 7) is 7.19. The average molecular weight is 665 g/mol. The molecule has 0 aliphatic rings. The highest BCUT2D eigenvalue weighted by Crippen LogP contribution is 2.33. The first-order valence-corrected chi connectivity index (χ1v) is 16.4. The van der Waals surface area contributed by atoms with Gasteiger partial charge in [0.15, 0.2) is 11.5 Å². The van der Waals surface area contributed by atoms with Gasteiger partial charge in [0.05, 0.1) is 34.8 Å². The molecule has 0 saturated heterocycles. The van der Waals surface area contributed by atoms with E-state index in [2.05, 4.69) is 5.32 Å². The summed E-state index contributed by atoms with van der Waals surface area (Å²) < 4.78 is 40.2. The van der Waals surface area contributed by atoms with E-state index in [0.717, 1.165) is 28.3 Å². The van der Waals surface area contributed by atoms with Crippen LogP contribution in [0, 0.1) is 13.8 Å². The van der Waals surface area contributed by atoms with Crippen LogP contribution >= 0.6 is 23.2 Å². The Kier molecular flexibility index (Phi) is 12.3. The molecule has 44 heavy (non-hydrogen) atoms. The fourth-order valence-electron chi connectivity index (χ4n) is 4.68. The molecule has 3 rings (SSSR count). The number of halogens is 2. The van der Waals surface area contributed by atoms with E-state index in [-0.39, 0.29) is 23.1 Å². The quantitative estimate of drug-likeness (QED) is 0.207. The van der Waals surface area contributed by atoms with Crippen LogP contribution in [0.1, 0.15) is 43.4 Å². The van der Waals surface area contributed by atoms with E-state index >= 15 is 0 Å². The van der Waals surface area contributed by atoms with Gasteiger partial charge in [-0.05, 0) is 80.3 Å². The number of hydrogen-bond donors (Lipinski definition) is 1. The van der Waals surface area contributed by atoms with E-state index in [1.807, 2.05) is 26.8 Å². The number of aryl methyl sites for hydroxylation is 2. The molecule has 238 valence electrons. The molecule has 0 unspecified atom stereocenters. The molecule has 0 aliphatic heterocycles. The zero-order valence-electron chi connectivity index (χ0n) is 25.8. The smallest absolute Gasteiger partial charge is 0.264 e. The number of rotatable bonds is 14. The summed E-state index contributed by atoms with van der Waals surface area (Å²) in [5.41, 5.74) is 2.56. The minimum absolute atomic E-state index is 0.00478. The van der Waals surface area contributed by atoms with Crippen molar-refractivity contribution in [3.05, 3.63) is 81.3 Å². The van der Waals surface area contributed by atoms with Gasteiger partial charge in [-0.15, -0.1) is 0 Å². The maximum atomic E-state index is 14.2. The van der Waals surface area contributed by atoms with E-state index in [1.165, 1.54) is 37.3 Å². The highest BCUT2D eigenvalue weighted by molar-refractivity contribution is 7.92. The number of hydrogen-bond acceptors (Lipinski definition) is 6. The van der Waals surface area contributed by atoms with E-state index in [4.69, 9.17) is 32.7 Å². The molecule has 9 nitrogen and oxygen atoms in total. The molecule has 0 fully saturated rings. The molecule has 0 bridgehead atoms. The number of carbonyl (C=O) groups is 2. The third-order valence-corrected chi connectivity index (χ3v) is 9.56. The van der Waals surface area contributed by atoms with Crippen molar-refractivity contribution in [3.63, 3.8) is 0 Å². The normalized spacial score (nSPS) is 11.9. The number of sulfonamides is 1. The number of amides is 2. The maximum absolute atomic E-state index is 14.2. The van der Waals surface area contributed by atoms with Crippen molar-refractivity contribution in [3.8, 4) is 11.5 Å². The Hall–Kier alpha value is -3.47. The molecule has 0 aliphatic carbocycles. The van der Waals surface area contributed by atoms with Crippen molar-refractivity contribution in [1.29, 1.82) is 0 Å². The minimum atomic E-state index is -4.31. The van der Waals surface area contributed by atoms with Gasteiger partial charge >= 0.3 is 0 Å². The molecule has 0 heterocycles. The Labute approximate surface area is 270 Å².